The normalized spacial score (nSPS) is 17.7. The number of carbonyl (C=O) groups is 1. The Balaban J connectivity index is 2.35. The van der Waals surface area contributed by atoms with E-state index in [1.54, 1.807) is 4.83 Å². The molecule has 1 fully saturated rings. The van der Waals surface area contributed by atoms with Crippen LogP contribution in [-0.2, 0) is 20.2 Å². The Kier molecular flexibility index (Phi) is 2.69. The van der Waals surface area contributed by atoms with Crippen LogP contribution in [0, 0.1) is 0 Å². The standard InChI is InChI=1S/C10H12N2O4S/c11-12-17(15,16)8-3-1-7(2-4-8)10(5-6-10)9(13)14/h1-4,12H,5-6,11H2,(H,13,14). The molecule has 2 rings (SSSR count). The molecule has 1 saturated carbocycles. The summed E-state index contributed by atoms with van der Waals surface area (Å²) in [5.74, 6) is 4.02. The number of hydrogen-bond donors (Lipinski definition) is 3. The maximum Gasteiger partial charge on any atom is 0.314 e. The van der Waals surface area contributed by atoms with Crippen LogP contribution >= 0.6 is 0 Å². The third kappa shape index (κ3) is 1.92. The molecule has 0 unspecified atom stereocenters. The summed E-state index contributed by atoms with van der Waals surface area (Å²) in [4.78, 5) is 12.8. The highest BCUT2D eigenvalue weighted by Gasteiger charge is 2.51. The lowest BCUT2D eigenvalue weighted by Crippen LogP contribution is -2.30. The van der Waals surface area contributed by atoms with Gasteiger partial charge < -0.3 is 5.11 Å². The molecule has 1 aromatic carbocycles. The van der Waals surface area contributed by atoms with Gasteiger partial charge in [-0.3, -0.25) is 10.6 Å². The molecule has 0 aromatic heterocycles. The van der Waals surface area contributed by atoms with Gasteiger partial charge in [-0.1, -0.05) is 12.1 Å². The zero-order chi connectivity index (χ0) is 12.7. The average molecular weight is 256 g/mol. The molecule has 7 heteroatoms. The third-order valence-corrected chi connectivity index (χ3v) is 4.23. The van der Waals surface area contributed by atoms with Crippen molar-refractivity contribution in [3.63, 3.8) is 0 Å². The van der Waals surface area contributed by atoms with Crippen molar-refractivity contribution in [1.29, 1.82) is 0 Å². The summed E-state index contributed by atoms with van der Waals surface area (Å²) >= 11 is 0. The summed E-state index contributed by atoms with van der Waals surface area (Å²) in [6.07, 6.45) is 1.17. The summed E-state index contributed by atoms with van der Waals surface area (Å²) in [6, 6.07) is 5.75. The Bertz CT molecular complexity index is 546. The van der Waals surface area contributed by atoms with Crippen LogP contribution < -0.4 is 10.7 Å². The van der Waals surface area contributed by atoms with E-state index < -0.39 is 21.4 Å². The highest BCUT2D eigenvalue weighted by molar-refractivity contribution is 7.89. The number of carboxylic acid groups (broad SMARTS) is 1. The van der Waals surface area contributed by atoms with Crippen LogP contribution in [-0.4, -0.2) is 19.5 Å². The maximum absolute atomic E-state index is 11.4. The first-order valence-corrected chi connectivity index (χ1v) is 6.47. The summed E-state index contributed by atoms with van der Waals surface area (Å²) in [7, 11) is -3.68. The summed E-state index contributed by atoms with van der Waals surface area (Å²) in [5, 5.41) is 9.08. The topological polar surface area (TPSA) is 109 Å². The minimum absolute atomic E-state index is 0.0185. The first kappa shape index (κ1) is 12.0. The van der Waals surface area contributed by atoms with Gasteiger partial charge in [0.2, 0.25) is 0 Å². The molecule has 0 aliphatic heterocycles. The molecular weight excluding hydrogens is 244 g/mol. The molecular formula is C10H12N2O4S. The highest BCUT2D eigenvalue weighted by atomic mass is 32.2. The number of aliphatic carboxylic acids is 1. The lowest BCUT2D eigenvalue weighted by atomic mass is 9.96. The summed E-state index contributed by atoms with van der Waals surface area (Å²) in [5.41, 5.74) is -0.195. The number of sulfonamides is 1. The highest BCUT2D eigenvalue weighted by Crippen LogP contribution is 2.48. The fourth-order valence-corrected chi connectivity index (χ4v) is 2.40. The van der Waals surface area contributed by atoms with E-state index in [9.17, 15) is 13.2 Å². The summed E-state index contributed by atoms with van der Waals surface area (Å²) in [6.45, 7) is 0. The van der Waals surface area contributed by atoms with E-state index in [4.69, 9.17) is 10.9 Å². The number of nitrogens with one attached hydrogen (secondary N) is 1. The Labute approximate surface area is 98.5 Å². The molecule has 0 saturated heterocycles. The van der Waals surface area contributed by atoms with Gasteiger partial charge in [-0.2, -0.15) is 4.83 Å². The van der Waals surface area contributed by atoms with Crippen molar-refractivity contribution in [1.82, 2.24) is 4.83 Å². The number of benzene rings is 1. The molecule has 17 heavy (non-hydrogen) atoms. The average Bonchev–Trinajstić information content (AvgIpc) is 3.10. The lowest BCUT2D eigenvalue weighted by Gasteiger charge is -2.10. The molecule has 1 aliphatic rings. The first-order chi connectivity index (χ1) is 7.92. The minimum atomic E-state index is -3.68. The molecule has 0 spiro atoms. The number of hydrogen-bond acceptors (Lipinski definition) is 4. The summed E-state index contributed by atoms with van der Waals surface area (Å²) < 4.78 is 22.7. The van der Waals surface area contributed by atoms with Crippen LogP contribution in [0.1, 0.15) is 18.4 Å². The van der Waals surface area contributed by atoms with E-state index >= 15 is 0 Å². The molecule has 92 valence electrons. The van der Waals surface area contributed by atoms with Crippen LogP contribution in [0.2, 0.25) is 0 Å². The SMILES string of the molecule is NNS(=O)(=O)c1ccc(C2(C(=O)O)CC2)cc1. The van der Waals surface area contributed by atoms with Crippen LogP contribution in [0.5, 0.6) is 0 Å². The van der Waals surface area contributed by atoms with Crippen LogP contribution in [0.15, 0.2) is 29.2 Å². The number of hydrazine groups is 1. The van der Waals surface area contributed by atoms with E-state index in [1.807, 2.05) is 0 Å². The second-order valence-electron chi connectivity index (χ2n) is 4.03. The van der Waals surface area contributed by atoms with E-state index in [2.05, 4.69) is 0 Å². The monoisotopic (exact) mass is 256 g/mol. The molecule has 6 nitrogen and oxygen atoms in total. The fraction of sp³-hybridized carbons (Fsp3) is 0.300. The largest absolute Gasteiger partial charge is 0.481 e. The van der Waals surface area contributed by atoms with E-state index in [0.29, 0.717) is 18.4 Å². The van der Waals surface area contributed by atoms with Crippen molar-refractivity contribution in [3.8, 4) is 0 Å². The van der Waals surface area contributed by atoms with Gasteiger partial charge in [0, 0.05) is 0 Å². The quantitative estimate of drug-likeness (QED) is 0.517. The molecule has 0 heterocycles. The van der Waals surface area contributed by atoms with Crippen molar-refractivity contribution in [2.45, 2.75) is 23.2 Å². The Hall–Kier alpha value is -1.44. The number of carboxylic acids is 1. The van der Waals surface area contributed by atoms with Gasteiger partial charge in [0.15, 0.2) is 0 Å². The molecule has 0 atom stereocenters. The second-order valence-corrected chi connectivity index (χ2v) is 5.75. The first-order valence-electron chi connectivity index (χ1n) is 4.99. The Morgan fingerprint density at radius 3 is 2.18 bits per heavy atom. The zero-order valence-corrected chi connectivity index (χ0v) is 9.70. The van der Waals surface area contributed by atoms with Crippen LogP contribution in [0.25, 0.3) is 0 Å². The molecule has 0 radical (unpaired) electrons. The van der Waals surface area contributed by atoms with Crippen LogP contribution in [0.4, 0.5) is 0 Å². The maximum atomic E-state index is 11.4. The second kappa shape index (κ2) is 3.80. The fourth-order valence-electron chi connectivity index (χ4n) is 1.77. The van der Waals surface area contributed by atoms with Crippen molar-refractivity contribution in [3.05, 3.63) is 29.8 Å². The predicted molar refractivity (Wildman–Crippen MR) is 59.5 cm³/mol. The van der Waals surface area contributed by atoms with Gasteiger partial charge in [-0.25, -0.2) is 8.42 Å². The molecule has 0 bridgehead atoms. The van der Waals surface area contributed by atoms with Gasteiger partial charge in [0.1, 0.15) is 0 Å². The van der Waals surface area contributed by atoms with E-state index in [1.165, 1.54) is 24.3 Å². The van der Waals surface area contributed by atoms with Gasteiger partial charge in [-0.15, -0.1) is 0 Å². The number of rotatable bonds is 4. The molecule has 0 amide bonds. The van der Waals surface area contributed by atoms with Crippen molar-refractivity contribution >= 4 is 16.0 Å². The third-order valence-electron chi connectivity index (χ3n) is 3.03. The van der Waals surface area contributed by atoms with Gasteiger partial charge >= 0.3 is 5.97 Å². The number of nitrogens with two attached hydrogens (primary N) is 1. The van der Waals surface area contributed by atoms with Crippen molar-refractivity contribution in [2.75, 3.05) is 0 Å². The molecule has 4 N–H and O–H groups in total. The van der Waals surface area contributed by atoms with Crippen molar-refractivity contribution < 1.29 is 18.3 Å². The van der Waals surface area contributed by atoms with Crippen LogP contribution in [0.3, 0.4) is 0 Å². The van der Waals surface area contributed by atoms with Gasteiger partial charge in [0.25, 0.3) is 10.0 Å². The molecule has 1 aromatic rings. The van der Waals surface area contributed by atoms with Gasteiger partial charge in [-0.05, 0) is 30.5 Å². The van der Waals surface area contributed by atoms with Gasteiger partial charge in [0.05, 0.1) is 10.3 Å². The molecule has 1 aliphatic carbocycles. The van der Waals surface area contributed by atoms with E-state index in [-0.39, 0.29) is 4.90 Å². The predicted octanol–water partition coefficient (Wildman–Crippen LogP) is -0.0452. The minimum Gasteiger partial charge on any atom is -0.481 e. The Morgan fingerprint density at radius 1 is 1.29 bits per heavy atom. The lowest BCUT2D eigenvalue weighted by molar-refractivity contribution is -0.140. The van der Waals surface area contributed by atoms with E-state index in [0.717, 1.165) is 0 Å². The zero-order valence-electron chi connectivity index (χ0n) is 8.88. The smallest absolute Gasteiger partial charge is 0.314 e. The Morgan fingerprint density at radius 2 is 1.82 bits per heavy atom. The van der Waals surface area contributed by atoms with Crippen molar-refractivity contribution in [2.24, 2.45) is 5.84 Å².